The largest absolute Gasteiger partial charge is 0.351 e. The number of thiophene rings is 1. The zero-order valence-corrected chi connectivity index (χ0v) is 12.0. The minimum Gasteiger partial charge on any atom is -0.351 e. The Labute approximate surface area is 107 Å². The van der Waals surface area contributed by atoms with Crippen molar-refractivity contribution in [1.29, 1.82) is 0 Å². The van der Waals surface area contributed by atoms with Crippen molar-refractivity contribution in [3.8, 4) is 0 Å². The van der Waals surface area contributed by atoms with Crippen molar-refractivity contribution < 1.29 is 4.79 Å². The first-order chi connectivity index (χ1) is 7.13. The maximum atomic E-state index is 11.6. The molecule has 1 heterocycles. The van der Waals surface area contributed by atoms with Crippen molar-refractivity contribution in [2.75, 3.05) is 18.6 Å². The zero-order valence-electron chi connectivity index (χ0n) is 8.75. The van der Waals surface area contributed by atoms with Crippen molar-refractivity contribution in [3.63, 3.8) is 0 Å². The molecule has 1 aromatic heterocycles. The molecule has 0 saturated heterocycles. The molecule has 15 heavy (non-hydrogen) atoms. The predicted molar refractivity (Wildman–Crippen MR) is 71.9 cm³/mol. The molecule has 0 radical (unpaired) electrons. The van der Waals surface area contributed by atoms with E-state index in [1.54, 1.807) is 11.8 Å². The number of carbonyl (C=O) groups excluding carboxylic acids is 1. The monoisotopic (exact) mass is 307 g/mol. The highest BCUT2D eigenvalue weighted by Crippen LogP contribution is 2.21. The van der Waals surface area contributed by atoms with Crippen LogP contribution in [0.25, 0.3) is 0 Å². The molecule has 0 saturated carbocycles. The minimum atomic E-state index is 0.0265. The van der Waals surface area contributed by atoms with Gasteiger partial charge in [0.1, 0.15) is 0 Å². The normalized spacial score (nSPS) is 12.5. The Morgan fingerprint density at radius 2 is 2.40 bits per heavy atom. The number of thioether (sulfide) groups is 1. The van der Waals surface area contributed by atoms with E-state index in [1.165, 1.54) is 11.3 Å². The van der Waals surface area contributed by atoms with Crippen LogP contribution in [-0.4, -0.2) is 24.5 Å². The molecule has 0 aromatic carbocycles. The lowest BCUT2D eigenvalue weighted by Crippen LogP contribution is -2.28. The van der Waals surface area contributed by atoms with Crippen LogP contribution in [0.5, 0.6) is 0 Å². The van der Waals surface area contributed by atoms with Crippen molar-refractivity contribution in [1.82, 2.24) is 5.32 Å². The zero-order chi connectivity index (χ0) is 11.3. The predicted octanol–water partition coefficient (Wildman–Crippen LogP) is 3.24. The number of rotatable bonds is 5. The van der Waals surface area contributed by atoms with Crippen molar-refractivity contribution in [2.24, 2.45) is 5.92 Å². The molecule has 1 N–H and O–H groups in total. The van der Waals surface area contributed by atoms with Crippen LogP contribution in [0, 0.1) is 5.92 Å². The molecule has 2 nitrogen and oxygen atoms in total. The number of amides is 1. The van der Waals surface area contributed by atoms with Crippen LogP contribution in [-0.2, 0) is 0 Å². The van der Waals surface area contributed by atoms with Gasteiger partial charge in [0.05, 0.1) is 8.66 Å². The van der Waals surface area contributed by atoms with Gasteiger partial charge in [-0.3, -0.25) is 4.79 Å². The molecule has 0 fully saturated rings. The van der Waals surface area contributed by atoms with E-state index in [4.69, 9.17) is 0 Å². The highest BCUT2D eigenvalue weighted by atomic mass is 79.9. The molecule has 0 bridgehead atoms. The van der Waals surface area contributed by atoms with E-state index in [-0.39, 0.29) is 5.91 Å². The molecule has 1 rings (SSSR count). The van der Waals surface area contributed by atoms with Crippen LogP contribution in [0.3, 0.4) is 0 Å². The summed E-state index contributed by atoms with van der Waals surface area (Å²) in [5, 5.41) is 2.93. The minimum absolute atomic E-state index is 0.0265. The second-order valence-corrected chi connectivity index (χ2v) is 6.75. The van der Waals surface area contributed by atoms with E-state index in [9.17, 15) is 4.79 Å². The summed E-state index contributed by atoms with van der Waals surface area (Å²) in [6.45, 7) is 2.89. The van der Waals surface area contributed by atoms with Gasteiger partial charge in [0.25, 0.3) is 5.91 Å². The second-order valence-electron chi connectivity index (χ2n) is 3.37. The number of halogens is 1. The van der Waals surface area contributed by atoms with Crippen LogP contribution in [0.15, 0.2) is 15.9 Å². The second kappa shape index (κ2) is 6.55. The van der Waals surface area contributed by atoms with Crippen LogP contribution < -0.4 is 5.32 Å². The molecular weight excluding hydrogens is 294 g/mol. The number of hydrogen-bond acceptors (Lipinski definition) is 3. The molecular formula is C10H14BrNOS2. The topological polar surface area (TPSA) is 29.1 Å². The molecule has 1 amide bonds. The summed E-state index contributed by atoms with van der Waals surface area (Å²) in [6.07, 6.45) is 2.08. The molecule has 84 valence electrons. The van der Waals surface area contributed by atoms with Gasteiger partial charge in [-0.25, -0.2) is 0 Å². The highest BCUT2D eigenvalue weighted by Gasteiger charge is 2.09. The molecule has 5 heteroatoms. The molecule has 0 aliphatic carbocycles. The van der Waals surface area contributed by atoms with Gasteiger partial charge in [0, 0.05) is 6.54 Å². The quantitative estimate of drug-likeness (QED) is 0.905. The molecule has 1 aromatic rings. The first-order valence-corrected chi connectivity index (χ1v) is 7.66. The maximum absolute atomic E-state index is 11.6. The van der Waals surface area contributed by atoms with E-state index >= 15 is 0 Å². The third kappa shape index (κ3) is 4.57. The van der Waals surface area contributed by atoms with Gasteiger partial charge in [-0.2, -0.15) is 11.8 Å². The molecule has 0 spiro atoms. The average Bonchev–Trinajstić information content (AvgIpc) is 2.62. The number of nitrogens with one attached hydrogen (secondary N) is 1. The molecule has 0 aliphatic rings. The third-order valence-electron chi connectivity index (χ3n) is 1.86. The van der Waals surface area contributed by atoms with Gasteiger partial charge < -0.3 is 5.32 Å². The van der Waals surface area contributed by atoms with E-state index < -0.39 is 0 Å². The lowest BCUT2D eigenvalue weighted by molar-refractivity contribution is 0.0953. The smallest absolute Gasteiger partial charge is 0.261 e. The third-order valence-corrected chi connectivity index (χ3v) is 4.38. The standard InChI is InChI=1S/C10H14BrNOS2/c1-7(6-14-2)5-12-10(13)8-3-4-9(11)15-8/h3-4,7H,5-6H2,1-2H3,(H,12,13). The Bertz CT molecular complexity index is 327. The Kier molecular flexibility index (Phi) is 5.71. The Hall–Kier alpha value is -0.0000000000000000833. The van der Waals surface area contributed by atoms with Crippen LogP contribution in [0.2, 0.25) is 0 Å². The fraction of sp³-hybridized carbons (Fsp3) is 0.500. The van der Waals surface area contributed by atoms with Crippen LogP contribution >= 0.6 is 39.0 Å². The Morgan fingerprint density at radius 1 is 1.67 bits per heavy atom. The lowest BCUT2D eigenvalue weighted by Gasteiger charge is -2.10. The Morgan fingerprint density at radius 3 is 2.93 bits per heavy atom. The highest BCUT2D eigenvalue weighted by molar-refractivity contribution is 9.11. The van der Waals surface area contributed by atoms with Gasteiger partial charge in [0.2, 0.25) is 0 Å². The molecule has 0 aliphatic heterocycles. The maximum Gasteiger partial charge on any atom is 0.261 e. The van der Waals surface area contributed by atoms with Gasteiger partial charge in [-0.1, -0.05) is 6.92 Å². The van der Waals surface area contributed by atoms with E-state index in [2.05, 4.69) is 34.4 Å². The summed E-state index contributed by atoms with van der Waals surface area (Å²) in [4.78, 5) is 12.4. The summed E-state index contributed by atoms with van der Waals surface area (Å²) in [5.41, 5.74) is 0. The van der Waals surface area contributed by atoms with Crippen LogP contribution in [0.4, 0.5) is 0 Å². The van der Waals surface area contributed by atoms with E-state index in [0.29, 0.717) is 5.92 Å². The summed E-state index contributed by atoms with van der Waals surface area (Å²) in [7, 11) is 0. The lowest BCUT2D eigenvalue weighted by atomic mass is 10.2. The number of carbonyl (C=O) groups is 1. The van der Waals surface area contributed by atoms with E-state index in [0.717, 1.165) is 21.0 Å². The van der Waals surface area contributed by atoms with Gasteiger partial charge in [-0.05, 0) is 46.0 Å². The SMILES string of the molecule is CSCC(C)CNC(=O)c1ccc(Br)s1. The van der Waals surface area contributed by atoms with Gasteiger partial charge >= 0.3 is 0 Å². The summed E-state index contributed by atoms with van der Waals surface area (Å²) < 4.78 is 0.991. The summed E-state index contributed by atoms with van der Waals surface area (Å²) in [5.74, 6) is 1.63. The summed E-state index contributed by atoms with van der Waals surface area (Å²) in [6, 6.07) is 3.73. The summed E-state index contributed by atoms with van der Waals surface area (Å²) >= 11 is 6.61. The van der Waals surface area contributed by atoms with Gasteiger partial charge in [-0.15, -0.1) is 11.3 Å². The molecule has 1 atom stereocenters. The fourth-order valence-electron chi connectivity index (χ4n) is 1.13. The van der Waals surface area contributed by atoms with Crippen molar-refractivity contribution in [2.45, 2.75) is 6.92 Å². The van der Waals surface area contributed by atoms with Gasteiger partial charge in [0.15, 0.2) is 0 Å². The first kappa shape index (κ1) is 13.1. The fourth-order valence-corrected chi connectivity index (χ4v) is 3.12. The Balaban J connectivity index is 2.36. The molecule has 1 unspecified atom stereocenters. The van der Waals surface area contributed by atoms with E-state index in [1.807, 2.05) is 12.1 Å². The van der Waals surface area contributed by atoms with Crippen LogP contribution in [0.1, 0.15) is 16.6 Å². The van der Waals surface area contributed by atoms with Crippen molar-refractivity contribution >= 4 is 44.9 Å². The average molecular weight is 308 g/mol. The van der Waals surface area contributed by atoms with Crippen molar-refractivity contribution in [3.05, 3.63) is 20.8 Å². The first-order valence-electron chi connectivity index (χ1n) is 4.66. The number of hydrogen-bond donors (Lipinski definition) is 1.